The van der Waals surface area contributed by atoms with Crippen molar-refractivity contribution in [2.24, 2.45) is 5.10 Å². The van der Waals surface area contributed by atoms with E-state index in [2.05, 4.69) is 41.0 Å². The van der Waals surface area contributed by atoms with Gasteiger partial charge in [0, 0.05) is 24.1 Å². The van der Waals surface area contributed by atoms with E-state index in [0.29, 0.717) is 18.0 Å². The molecule has 4 heterocycles. The maximum atomic E-state index is 13.1. The van der Waals surface area contributed by atoms with Crippen molar-refractivity contribution in [2.45, 2.75) is 36.6 Å². The molecule has 0 atom stereocenters. The fourth-order valence-corrected chi connectivity index (χ4v) is 5.09. The molecule has 0 saturated carbocycles. The molecule has 0 radical (unpaired) electrons. The number of hydrogen-bond donors (Lipinski definition) is 2. The van der Waals surface area contributed by atoms with Crippen molar-refractivity contribution in [1.82, 2.24) is 40.6 Å². The molecule has 1 saturated heterocycles. The number of aromatic nitrogens is 6. The molecule has 0 spiro atoms. The maximum absolute atomic E-state index is 13.1. The Hall–Kier alpha value is -4.30. The molecule has 1 amide bonds. The van der Waals surface area contributed by atoms with Gasteiger partial charge in [0.1, 0.15) is 5.75 Å². The molecule has 3 aromatic heterocycles. The van der Waals surface area contributed by atoms with Gasteiger partial charge in [-0.15, -0.1) is 16.9 Å². The van der Waals surface area contributed by atoms with Gasteiger partial charge in [0.2, 0.25) is 11.6 Å². The summed E-state index contributed by atoms with van der Waals surface area (Å²) in [6.45, 7) is 2.27. The Balaban J connectivity index is 1.31. The number of nitrogen functional groups attached to an aromatic ring is 1. The van der Waals surface area contributed by atoms with Crippen LogP contribution in [0.5, 0.6) is 5.75 Å². The van der Waals surface area contributed by atoms with Gasteiger partial charge in [-0.2, -0.15) is 9.78 Å². The number of amides is 1. The zero-order valence-corrected chi connectivity index (χ0v) is 22.2. The zero-order valence-electron chi connectivity index (χ0n) is 21.4. The van der Waals surface area contributed by atoms with E-state index in [1.54, 1.807) is 31.3 Å². The summed E-state index contributed by atoms with van der Waals surface area (Å²) in [5, 5.41) is 20.7. The number of carbonyl (C=O) groups excluding carboxylic acids is 1. The van der Waals surface area contributed by atoms with Gasteiger partial charge in [-0.3, -0.25) is 9.69 Å². The fourth-order valence-electron chi connectivity index (χ4n) is 4.25. The lowest BCUT2D eigenvalue weighted by Gasteiger charge is -2.26. The van der Waals surface area contributed by atoms with Gasteiger partial charge in [-0.1, -0.05) is 17.7 Å². The van der Waals surface area contributed by atoms with Crippen LogP contribution in [-0.2, 0) is 12.3 Å². The molecule has 4 aromatic rings. The molecule has 3 N–H and O–H groups in total. The van der Waals surface area contributed by atoms with Crippen LogP contribution in [0.4, 0.5) is 5.82 Å². The quantitative estimate of drug-likeness (QED) is 0.170. The summed E-state index contributed by atoms with van der Waals surface area (Å²) in [5.74, 6) is 1.17. The lowest BCUT2D eigenvalue weighted by atomic mass is 10.1. The van der Waals surface area contributed by atoms with Crippen LogP contribution in [0.25, 0.3) is 5.82 Å². The summed E-state index contributed by atoms with van der Waals surface area (Å²) in [6, 6.07) is 11.5. The number of likely N-dealkylation sites (tertiary alicyclic amines) is 1. The van der Waals surface area contributed by atoms with Crippen LogP contribution < -0.4 is 15.9 Å². The van der Waals surface area contributed by atoms with Crippen LogP contribution in [-0.4, -0.2) is 67.5 Å². The second-order valence-corrected chi connectivity index (χ2v) is 9.83. The number of nitrogens with one attached hydrogen (secondary N) is 1. The molecular weight excluding hydrogens is 520 g/mol. The van der Waals surface area contributed by atoms with Gasteiger partial charge in [0.25, 0.3) is 5.91 Å². The van der Waals surface area contributed by atoms with Crippen molar-refractivity contribution < 1.29 is 14.2 Å². The molecule has 14 heteroatoms. The SMILES string of the molecule is COc1ccc(C=NNC(=O)c2nnn(-c3nonc3N)c2CN2CCCCC2)cc1CSc1ccccn1. The van der Waals surface area contributed by atoms with E-state index in [1.807, 2.05) is 36.4 Å². The molecule has 0 aliphatic carbocycles. The van der Waals surface area contributed by atoms with Crippen LogP contribution in [0.2, 0.25) is 0 Å². The first-order valence-electron chi connectivity index (χ1n) is 12.4. The average molecular weight is 549 g/mol. The zero-order chi connectivity index (χ0) is 27.0. The first-order valence-corrected chi connectivity index (χ1v) is 13.4. The number of pyridine rings is 1. The Bertz CT molecular complexity index is 1430. The normalized spacial score (nSPS) is 14.1. The van der Waals surface area contributed by atoms with Gasteiger partial charge in [0.05, 0.1) is 24.0 Å². The Morgan fingerprint density at radius 3 is 2.85 bits per heavy atom. The van der Waals surface area contributed by atoms with E-state index in [9.17, 15) is 4.79 Å². The number of carbonyl (C=O) groups is 1. The summed E-state index contributed by atoms with van der Waals surface area (Å²) >= 11 is 1.60. The summed E-state index contributed by atoms with van der Waals surface area (Å²) in [6.07, 6.45) is 6.70. The third-order valence-corrected chi connectivity index (χ3v) is 7.19. The molecule has 0 bridgehead atoms. The summed E-state index contributed by atoms with van der Waals surface area (Å²) in [7, 11) is 1.63. The number of nitrogens with zero attached hydrogens (tertiary/aromatic N) is 8. The largest absolute Gasteiger partial charge is 0.496 e. The van der Waals surface area contributed by atoms with Crippen molar-refractivity contribution in [2.75, 3.05) is 25.9 Å². The predicted molar refractivity (Wildman–Crippen MR) is 145 cm³/mol. The third kappa shape index (κ3) is 6.41. The molecule has 39 heavy (non-hydrogen) atoms. The lowest BCUT2D eigenvalue weighted by molar-refractivity contribution is 0.0947. The molecule has 1 aliphatic rings. The molecule has 13 nitrogen and oxygen atoms in total. The van der Waals surface area contributed by atoms with E-state index in [1.165, 1.54) is 11.1 Å². The number of anilines is 1. The third-order valence-electron chi connectivity index (χ3n) is 6.19. The Labute approximate surface area is 228 Å². The minimum absolute atomic E-state index is 0.0568. The number of benzene rings is 1. The standard InChI is InChI=1S/C25H28N10O3S/c1-37-20-9-8-17(13-18(20)16-39-21-7-3-4-10-27-21)14-28-30-25(36)22-19(15-34-11-5-2-6-12-34)35(33-29-22)24-23(26)31-38-32-24/h3-4,7-10,13-14H,2,5-6,11-12,15-16H2,1H3,(H2,26,31)(H,30,36). The fraction of sp³-hybridized carbons (Fsp3) is 0.320. The number of methoxy groups -OCH3 is 1. The Morgan fingerprint density at radius 2 is 2.10 bits per heavy atom. The maximum Gasteiger partial charge on any atom is 0.293 e. The molecule has 0 unspecified atom stereocenters. The van der Waals surface area contributed by atoms with E-state index < -0.39 is 5.91 Å². The number of nitrogens with two attached hydrogens (primary N) is 1. The van der Waals surface area contributed by atoms with Crippen LogP contribution in [0.1, 0.15) is 46.6 Å². The van der Waals surface area contributed by atoms with Crippen molar-refractivity contribution >= 4 is 29.7 Å². The lowest BCUT2D eigenvalue weighted by Crippen LogP contribution is -2.31. The number of piperidine rings is 1. The first kappa shape index (κ1) is 26.3. The Kier molecular flexibility index (Phi) is 8.43. The first-order chi connectivity index (χ1) is 19.1. The van der Waals surface area contributed by atoms with Crippen molar-refractivity contribution in [1.29, 1.82) is 0 Å². The number of ether oxygens (including phenoxy) is 1. The van der Waals surface area contributed by atoms with Gasteiger partial charge in [-0.05, 0) is 72.1 Å². The average Bonchev–Trinajstić information content (AvgIpc) is 3.58. The van der Waals surface area contributed by atoms with Crippen molar-refractivity contribution in [3.05, 3.63) is 65.1 Å². The van der Waals surface area contributed by atoms with Gasteiger partial charge >= 0.3 is 0 Å². The van der Waals surface area contributed by atoms with Gasteiger partial charge in [0.15, 0.2) is 5.69 Å². The second-order valence-electron chi connectivity index (χ2n) is 8.83. The monoisotopic (exact) mass is 548 g/mol. The highest BCUT2D eigenvalue weighted by atomic mass is 32.2. The highest BCUT2D eigenvalue weighted by molar-refractivity contribution is 7.98. The number of rotatable bonds is 10. The number of hydrogen-bond acceptors (Lipinski definition) is 12. The second kappa shape index (κ2) is 12.5. The Morgan fingerprint density at radius 1 is 1.23 bits per heavy atom. The smallest absolute Gasteiger partial charge is 0.293 e. The summed E-state index contributed by atoms with van der Waals surface area (Å²) in [5.41, 5.74) is 10.9. The molecule has 5 rings (SSSR count). The van der Waals surface area contributed by atoms with E-state index in [4.69, 9.17) is 15.1 Å². The highest BCUT2D eigenvalue weighted by Gasteiger charge is 2.26. The van der Waals surface area contributed by atoms with E-state index >= 15 is 0 Å². The highest BCUT2D eigenvalue weighted by Crippen LogP contribution is 2.27. The molecular formula is C25H28N10O3S. The number of thioether (sulfide) groups is 1. The van der Waals surface area contributed by atoms with Crippen molar-refractivity contribution in [3.63, 3.8) is 0 Å². The minimum Gasteiger partial charge on any atom is -0.496 e. The van der Waals surface area contributed by atoms with Gasteiger partial charge in [-0.25, -0.2) is 15.0 Å². The summed E-state index contributed by atoms with van der Waals surface area (Å²) < 4.78 is 11.6. The topological polar surface area (TPSA) is 162 Å². The van der Waals surface area contributed by atoms with Crippen LogP contribution >= 0.6 is 11.8 Å². The molecule has 1 aliphatic heterocycles. The van der Waals surface area contributed by atoms with Gasteiger partial charge < -0.3 is 10.5 Å². The van der Waals surface area contributed by atoms with Crippen LogP contribution in [0.15, 0.2) is 57.4 Å². The van der Waals surface area contributed by atoms with Crippen molar-refractivity contribution in [3.8, 4) is 11.6 Å². The molecule has 202 valence electrons. The minimum atomic E-state index is -0.501. The number of hydrazone groups is 1. The molecule has 1 aromatic carbocycles. The molecule has 1 fully saturated rings. The van der Waals surface area contributed by atoms with E-state index in [0.717, 1.165) is 47.8 Å². The van der Waals surface area contributed by atoms with Crippen LogP contribution in [0.3, 0.4) is 0 Å². The van der Waals surface area contributed by atoms with Crippen LogP contribution in [0, 0.1) is 0 Å². The van der Waals surface area contributed by atoms with E-state index in [-0.39, 0.29) is 17.3 Å². The summed E-state index contributed by atoms with van der Waals surface area (Å²) in [4.78, 5) is 19.7. The predicted octanol–water partition coefficient (Wildman–Crippen LogP) is 2.68.